The van der Waals surface area contributed by atoms with E-state index in [0.717, 1.165) is 18.7 Å². The largest absolute Gasteiger partial charge is 0.375 e. The van der Waals surface area contributed by atoms with E-state index >= 15 is 0 Å². The number of hydrogen-bond acceptors (Lipinski definition) is 2. The molecule has 2 heteroatoms. The molecule has 18 heavy (non-hydrogen) atoms. The van der Waals surface area contributed by atoms with Gasteiger partial charge in [-0.15, -0.1) is 0 Å². The van der Waals surface area contributed by atoms with Crippen molar-refractivity contribution in [3.63, 3.8) is 0 Å². The number of ether oxygens (including phenoxy) is 1. The van der Waals surface area contributed by atoms with Crippen molar-refractivity contribution in [3.05, 3.63) is 29.3 Å². The van der Waals surface area contributed by atoms with Crippen LogP contribution in [0, 0.1) is 17.3 Å². The molecule has 1 aromatic carbocycles. The standard InChI is InChI=1S/C16H19NO/c1-16(8-9-16)7-6-13-4-3-5-15-14(13)12-18-11-10-17(15)2/h3-5H,8-12H2,1-2H3. The molecule has 0 radical (unpaired) electrons. The quantitative estimate of drug-likeness (QED) is 0.648. The summed E-state index contributed by atoms with van der Waals surface area (Å²) in [6, 6.07) is 6.37. The third-order valence-electron chi connectivity index (χ3n) is 3.88. The minimum atomic E-state index is 0.278. The predicted octanol–water partition coefficient (Wildman–Crippen LogP) is 2.80. The van der Waals surface area contributed by atoms with Crippen LogP contribution in [0.3, 0.4) is 0 Å². The van der Waals surface area contributed by atoms with E-state index in [1.807, 2.05) is 0 Å². The average molecular weight is 241 g/mol. The van der Waals surface area contributed by atoms with E-state index in [2.05, 4.69) is 48.9 Å². The number of fused-ring (bicyclic) bond motifs is 1. The van der Waals surface area contributed by atoms with E-state index in [9.17, 15) is 0 Å². The number of rotatable bonds is 0. The van der Waals surface area contributed by atoms with Crippen molar-refractivity contribution in [2.24, 2.45) is 5.41 Å². The van der Waals surface area contributed by atoms with Gasteiger partial charge in [-0.05, 0) is 31.9 Å². The van der Waals surface area contributed by atoms with Crippen LogP contribution < -0.4 is 4.90 Å². The first kappa shape index (κ1) is 11.6. The molecule has 1 aliphatic carbocycles. The Labute approximate surface area is 109 Å². The molecule has 1 saturated carbocycles. The Morgan fingerprint density at radius 2 is 2.17 bits per heavy atom. The summed E-state index contributed by atoms with van der Waals surface area (Å²) in [5.74, 6) is 6.78. The van der Waals surface area contributed by atoms with Gasteiger partial charge in [-0.3, -0.25) is 0 Å². The second kappa shape index (κ2) is 4.33. The zero-order chi connectivity index (χ0) is 12.6. The molecular formula is C16H19NO. The fraction of sp³-hybridized carbons (Fsp3) is 0.500. The van der Waals surface area contributed by atoms with E-state index in [1.165, 1.54) is 24.1 Å². The van der Waals surface area contributed by atoms with Gasteiger partial charge >= 0.3 is 0 Å². The molecule has 1 heterocycles. The van der Waals surface area contributed by atoms with E-state index in [-0.39, 0.29) is 5.41 Å². The lowest BCUT2D eigenvalue weighted by Gasteiger charge is -2.18. The van der Waals surface area contributed by atoms with Crippen molar-refractivity contribution < 1.29 is 4.74 Å². The average Bonchev–Trinajstić information content (AvgIpc) is 3.13. The molecule has 0 saturated heterocycles. The third-order valence-corrected chi connectivity index (χ3v) is 3.88. The number of likely N-dealkylation sites (N-methyl/N-ethyl adjacent to an activating group) is 1. The van der Waals surface area contributed by atoms with Crippen LogP contribution in [0.15, 0.2) is 18.2 Å². The first-order valence-electron chi connectivity index (χ1n) is 6.62. The molecule has 0 atom stereocenters. The fourth-order valence-electron chi connectivity index (χ4n) is 2.23. The lowest BCUT2D eigenvalue weighted by molar-refractivity contribution is 0.132. The van der Waals surface area contributed by atoms with Crippen LogP contribution >= 0.6 is 0 Å². The molecule has 94 valence electrons. The summed E-state index contributed by atoms with van der Waals surface area (Å²) >= 11 is 0. The van der Waals surface area contributed by atoms with Gasteiger partial charge in [0.25, 0.3) is 0 Å². The van der Waals surface area contributed by atoms with Gasteiger partial charge in [-0.2, -0.15) is 0 Å². The summed E-state index contributed by atoms with van der Waals surface area (Å²) in [6.07, 6.45) is 2.48. The molecule has 0 N–H and O–H groups in total. The van der Waals surface area contributed by atoms with Gasteiger partial charge in [0, 0.05) is 35.8 Å². The number of nitrogens with zero attached hydrogens (tertiary/aromatic N) is 1. The summed E-state index contributed by atoms with van der Waals surface area (Å²) in [5, 5.41) is 0. The third kappa shape index (κ3) is 2.23. The first-order chi connectivity index (χ1) is 8.68. The highest BCUT2D eigenvalue weighted by molar-refractivity contribution is 5.60. The van der Waals surface area contributed by atoms with E-state index in [0.29, 0.717) is 6.61 Å². The SMILES string of the molecule is CN1CCOCc2c(C#CC3(C)CC3)cccc21. The fourth-order valence-corrected chi connectivity index (χ4v) is 2.23. The van der Waals surface area contributed by atoms with Crippen LogP contribution in [0.5, 0.6) is 0 Å². The lowest BCUT2D eigenvalue weighted by Crippen LogP contribution is -2.20. The smallest absolute Gasteiger partial charge is 0.0750 e. The Morgan fingerprint density at radius 1 is 1.33 bits per heavy atom. The van der Waals surface area contributed by atoms with Crippen molar-refractivity contribution in [1.82, 2.24) is 0 Å². The van der Waals surface area contributed by atoms with Gasteiger partial charge in [-0.25, -0.2) is 0 Å². The normalized spacial score (nSPS) is 20.4. The molecule has 0 aromatic heterocycles. The Kier molecular flexibility index (Phi) is 2.80. The monoisotopic (exact) mass is 241 g/mol. The maximum atomic E-state index is 5.67. The summed E-state index contributed by atoms with van der Waals surface area (Å²) < 4.78 is 5.67. The number of benzene rings is 1. The second-order valence-electron chi connectivity index (χ2n) is 5.59. The molecule has 0 bridgehead atoms. The molecule has 1 aromatic rings. The molecule has 3 rings (SSSR count). The summed E-state index contributed by atoms with van der Waals surface area (Å²) in [4.78, 5) is 2.26. The van der Waals surface area contributed by atoms with Gasteiger partial charge in [-0.1, -0.05) is 17.9 Å². The molecule has 1 aliphatic heterocycles. The zero-order valence-corrected chi connectivity index (χ0v) is 11.1. The Morgan fingerprint density at radius 3 is 2.94 bits per heavy atom. The highest BCUT2D eigenvalue weighted by Gasteiger charge is 2.35. The Balaban J connectivity index is 1.99. The van der Waals surface area contributed by atoms with E-state index in [1.54, 1.807) is 0 Å². The predicted molar refractivity (Wildman–Crippen MR) is 73.6 cm³/mol. The highest BCUT2D eigenvalue weighted by atomic mass is 16.5. The summed E-state index contributed by atoms with van der Waals surface area (Å²) in [5.41, 5.74) is 3.92. The minimum absolute atomic E-state index is 0.278. The summed E-state index contributed by atoms with van der Waals surface area (Å²) in [7, 11) is 2.12. The Hall–Kier alpha value is -1.46. The van der Waals surface area contributed by atoms with Crippen molar-refractivity contribution in [2.45, 2.75) is 26.4 Å². The van der Waals surface area contributed by atoms with Gasteiger partial charge in [0.1, 0.15) is 0 Å². The Bertz CT molecular complexity index is 520. The molecule has 0 amide bonds. The van der Waals surface area contributed by atoms with Crippen molar-refractivity contribution in [3.8, 4) is 11.8 Å². The van der Waals surface area contributed by atoms with Crippen LogP contribution in [-0.2, 0) is 11.3 Å². The van der Waals surface area contributed by atoms with Crippen LogP contribution in [0.2, 0.25) is 0 Å². The molecule has 1 fully saturated rings. The van der Waals surface area contributed by atoms with Gasteiger partial charge in [0.2, 0.25) is 0 Å². The first-order valence-corrected chi connectivity index (χ1v) is 6.62. The maximum absolute atomic E-state index is 5.67. The van der Waals surface area contributed by atoms with Gasteiger partial charge in [0.15, 0.2) is 0 Å². The van der Waals surface area contributed by atoms with Crippen LogP contribution in [0.1, 0.15) is 30.9 Å². The molecule has 2 nitrogen and oxygen atoms in total. The second-order valence-corrected chi connectivity index (χ2v) is 5.59. The van der Waals surface area contributed by atoms with Crippen LogP contribution in [-0.4, -0.2) is 20.2 Å². The van der Waals surface area contributed by atoms with Gasteiger partial charge < -0.3 is 9.64 Å². The number of anilines is 1. The summed E-state index contributed by atoms with van der Waals surface area (Å²) in [6.45, 7) is 4.66. The maximum Gasteiger partial charge on any atom is 0.0750 e. The zero-order valence-electron chi connectivity index (χ0n) is 11.1. The highest BCUT2D eigenvalue weighted by Crippen LogP contribution is 2.44. The van der Waals surface area contributed by atoms with Crippen molar-refractivity contribution in [1.29, 1.82) is 0 Å². The van der Waals surface area contributed by atoms with Crippen LogP contribution in [0.25, 0.3) is 0 Å². The topological polar surface area (TPSA) is 12.5 Å². The van der Waals surface area contributed by atoms with Gasteiger partial charge in [0.05, 0.1) is 13.2 Å². The van der Waals surface area contributed by atoms with Crippen LogP contribution in [0.4, 0.5) is 5.69 Å². The van der Waals surface area contributed by atoms with Crippen molar-refractivity contribution in [2.75, 3.05) is 25.1 Å². The molecule has 0 spiro atoms. The van der Waals surface area contributed by atoms with Crippen molar-refractivity contribution >= 4 is 5.69 Å². The van der Waals surface area contributed by atoms with E-state index in [4.69, 9.17) is 4.74 Å². The molecular weight excluding hydrogens is 222 g/mol. The number of hydrogen-bond donors (Lipinski definition) is 0. The minimum Gasteiger partial charge on any atom is -0.375 e. The molecule has 0 unspecified atom stereocenters. The lowest BCUT2D eigenvalue weighted by atomic mass is 10.0. The van der Waals surface area contributed by atoms with E-state index < -0.39 is 0 Å². The molecule has 2 aliphatic rings.